The van der Waals surface area contributed by atoms with Gasteiger partial charge in [-0.1, -0.05) is 0 Å². The van der Waals surface area contributed by atoms with Crippen molar-refractivity contribution in [1.29, 1.82) is 0 Å². The number of nitrogen functional groups attached to an aromatic ring is 1. The lowest BCUT2D eigenvalue weighted by atomic mass is 10.5. The highest BCUT2D eigenvalue weighted by molar-refractivity contribution is 5.42. The van der Waals surface area contributed by atoms with E-state index in [2.05, 4.69) is 15.3 Å². The van der Waals surface area contributed by atoms with Crippen molar-refractivity contribution in [2.24, 2.45) is 5.92 Å². The number of hydrogen-bond acceptors (Lipinski definition) is 5. The van der Waals surface area contributed by atoms with E-state index in [4.69, 9.17) is 10.5 Å². The summed E-state index contributed by atoms with van der Waals surface area (Å²) in [6.07, 6.45) is 4.11. The van der Waals surface area contributed by atoms with Crippen LogP contribution in [0.4, 0.5) is 11.6 Å². The van der Waals surface area contributed by atoms with E-state index in [0.29, 0.717) is 12.4 Å². The standard InChI is InChI=1S/C10H16N4O/c11-9-5-10(14-7-13-9)12-3-4-15-6-8-1-2-8/h5,7-8H,1-4,6H2,(H3,11,12,13,14). The molecule has 5 heteroatoms. The Morgan fingerprint density at radius 2 is 2.33 bits per heavy atom. The van der Waals surface area contributed by atoms with Crippen LogP contribution < -0.4 is 11.1 Å². The highest BCUT2D eigenvalue weighted by atomic mass is 16.5. The molecule has 0 saturated heterocycles. The molecule has 0 unspecified atom stereocenters. The maximum absolute atomic E-state index is 5.51. The molecule has 0 atom stereocenters. The minimum atomic E-state index is 0.478. The van der Waals surface area contributed by atoms with Gasteiger partial charge in [0.1, 0.15) is 18.0 Å². The Morgan fingerprint density at radius 3 is 3.07 bits per heavy atom. The van der Waals surface area contributed by atoms with Gasteiger partial charge in [-0.3, -0.25) is 0 Å². The van der Waals surface area contributed by atoms with Crippen LogP contribution in [0.25, 0.3) is 0 Å². The molecule has 1 heterocycles. The summed E-state index contributed by atoms with van der Waals surface area (Å²) in [7, 11) is 0. The predicted molar refractivity (Wildman–Crippen MR) is 58.5 cm³/mol. The maximum atomic E-state index is 5.51. The molecule has 5 nitrogen and oxygen atoms in total. The zero-order chi connectivity index (χ0) is 10.5. The number of ether oxygens (including phenoxy) is 1. The molecular weight excluding hydrogens is 192 g/mol. The van der Waals surface area contributed by atoms with Crippen molar-refractivity contribution in [2.75, 3.05) is 30.8 Å². The average molecular weight is 208 g/mol. The lowest BCUT2D eigenvalue weighted by Crippen LogP contribution is -2.11. The Kier molecular flexibility index (Phi) is 3.34. The number of nitrogens with zero attached hydrogens (tertiary/aromatic N) is 2. The van der Waals surface area contributed by atoms with Gasteiger partial charge in [0.15, 0.2) is 0 Å². The van der Waals surface area contributed by atoms with Gasteiger partial charge < -0.3 is 15.8 Å². The molecule has 0 spiro atoms. The second-order valence-corrected chi connectivity index (χ2v) is 3.77. The minimum Gasteiger partial charge on any atom is -0.384 e. The van der Waals surface area contributed by atoms with Crippen LogP contribution in [-0.4, -0.2) is 29.7 Å². The van der Waals surface area contributed by atoms with Gasteiger partial charge in [-0.15, -0.1) is 0 Å². The highest BCUT2D eigenvalue weighted by Gasteiger charge is 2.20. The zero-order valence-electron chi connectivity index (χ0n) is 8.65. The Balaban J connectivity index is 1.60. The van der Waals surface area contributed by atoms with Crippen molar-refractivity contribution in [3.8, 4) is 0 Å². The second kappa shape index (κ2) is 4.93. The molecule has 3 N–H and O–H groups in total. The van der Waals surface area contributed by atoms with Gasteiger partial charge in [0.25, 0.3) is 0 Å². The number of aromatic nitrogens is 2. The molecule has 82 valence electrons. The molecule has 1 fully saturated rings. The van der Waals surface area contributed by atoms with Gasteiger partial charge in [0, 0.05) is 19.2 Å². The average Bonchev–Trinajstić information content (AvgIpc) is 3.01. The quantitative estimate of drug-likeness (QED) is 0.679. The topological polar surface area (TPSA) is 73.1 Å². The van der Waals surface area contributed by atoms with Gasteiger partial charge in [0.2, 0.25) is 0 Å². The third-order valence-electron chi connectivity index (χ3n) is 2.29. The zero-order valence-corrected chi connectivity index (χ0v) is 8.65. The van der Waals surface area contributed by atoms with E-state index in [-0.39, 0.29) is 0 Å². The Morgan fingerprint density at radius 1 is 1.47 bits per heavy atom. The molecule has 0 aromatic carbocycles. The largest absolute Gasteiger partial charge is 0.384 e. The Labute approximate surface area is 89.1 Å². The van der Waals surface area contributed by atoms with Crippen LogP contribution in [0.3, 0.4) is 0 Å². The number of nitrogens with one attached hydrogen (secondary N) is 1. The van der Waals surface area contributed by atoms with Crippen molar-refractivity contribution < 1.29 is 4.74 Å². The van der Waals surface area contributed by atoms with Crippen molar-refractivity contribution in [3.05, 3.63) is 12.4 Å². The third kappa shape index (κ3) is 3.71. The molecule has 0 bridgehead atoms. The second-order valence-electron chi connectivity index (χ2n) is 3.77. The molecular formula is C10H16N4O. The first-order valence-electron chi connectivity index (χ1n) is 5.24. The lowest BCUT2D eigenvalue weighted by molar-refractivity contribution is 0.134. The molecule has 1 aliphatic rings. The highest BCUT2D eigenvalue weighted by Crippen LogP contribution is 2.28. The summed E-state index contributed by atoms with van der Waals surface area (Å²) in [5.74, 6) is 2.05. The molecule has 1 aliphatic carbocycles. The lowest BCUT2D eigenvalue weighted by Gasteiger charge is -2.06. The normalized spacial score (nSPS) is 15.2. The van der Waals surface area contributed by atoms with E-state index in [9.17, 15) is 0 Å². The molecule has 0 amide bonds. The summed E-state index contributed by atoms with van der Waals surface area (Å²) in [6, 6.07) is 1.71. The summed E-state index contributed by atoms with van der Waals surface area (Å²) in [5.41, 5.74) is 5.51. The smallest absolute Gasteiger partial charge is 0.131 e. The van der Waals surface area contributed by atoms with Gasteiger partial charge in [0.05, 0.1) is 6.61 Å². The monoisotopic (exact) mass is 208 g/mol. The fourth-order valence-electron chi connectivity index (χ4n) is 1.25. The minimum absolute atomic E-state index is 0.478. The fourth-order valence-corrected chi connectivity index (χ4v) is 1.25. The number of anilines is 2. The van der Waals surface area contributed by atoms with Gasteiger partial charge in [-0.25, -0.2) is 9.97 Å². The Hall–Kier alpha value is -1.36. The summed E-state index contributed by atoms with van der Waals surface area (Å²) < 4.78 is 5.47. The molecule has 1 saturated carbocycles. The third-order valence-corrected chi connectivity index (χ3v) is 2.29. The molecule has 0 radical (unpaired) electrons. The molecule has 15 heavy (non-hydrogen) atoms. The Bertz CT molecular complexity index is 314. The van der Waals surface area contributed by atoms with E-state index < -0.39 is 0 Å². The SMILES string of the molecule is Nc1cc(NCCOCC2CC2)ncn1. The maximum Gasteiger partial charge on any atom is 0.131 e. The number of hydrogen-bond donors (Lipinski definition) is 2. The van der Waals surface area contributed by atoms with Crippen LogP contribution >= 0.6 is 0 Å². The van der Waals surface area contributed by atoms with E-state index >= 15 is 0 Å². The van der Waals surface area contributed by atoms with E-state index in [1.54, 1.807) is 6.07 Å². The number of nitrogens with two attached hydrogens (primary N) is 1. The van der Waals surface area contributed by atoms with Crippen molar-refractivity contribution in [1.82, 2.24) is 9.97 Å². The van der Waals surface area contributed by atoms with Crippen molar-refractivity contribution in [2.45, 2.75) is 12.8 Å². The first kappa shape index (κ1) is 10.2. The van der Waals surface area contributed by atoms with Crippen molar-refractivity contribution in [3.63, 3.8) is 0 Å². The van der Waals surface area contributed by atoms with Crippen LogP contribution in [0.1, 0.15) is 12.8 Å². The van der Waals surface area contributed by atoms with E-state index in [1.165, 1.54) is 19.2 Å². The first-order valence-corrected chi connectivity index (χ1v) is 5.24. The molecule has 0 aliphatic heterocycles. The first-order chi connectivity index (χ1) is 7.34. The number of rotatable bonds is 6. The summed E-state index contributed by atoms with van der Waals surface area (Å²) in [4.78, 5) is 7.84. The van der Waals surface area contributed by atoms with Gasteiger partial charge in [-0.05, 0) is 18.8 Å². The van der Waals surface area contributed by atoms with Gasteiger partial charge in [-0.2, -0.15) is 0 Å². The van der Waals surface area contributed by atoms with Crippen LogP contribution in [-0.2, 0) is 4.74 Å². The van der Waals surface area contributed by atoms with Crippen LogP contribution in [0.5, 0.6) is 0 Å². The van der Waals surface area contributed by atoms with Crippen LogP contribution in [0.2, 0.25) is 0 Å². The molecule has 2 rings (SSSR count). The van der Waals surface area contributed by atoms with Crippen LogP contribution in [0, 0.1) is 5.92 Å². The summed E-state index contributed by atoms with van der Waals surface area (Å²) in [5, 5.41) is 3.12. The van der Waals surface area contributed by atoms with Crippen molar-refractivity contribution >= 4 is 11.6 Å². The molecule has 1 aromatic heterocycles. The predicted octanol–water partition coefficient (Wildman–Crippen LogP) is 0.897. The van der Waals surface area contributed by atoms with E-state index in [0.717, 1.165) is 24.9 Å². The van der Waals surface area contributed by atoms with Crippen LogP contribution in [0.15, 0.2) is 12.4 Å². The molecule has 1 aromatic rings. The fraction of sp³-hybridized carbons (Fsp3) is 0.600. The summed E-state index contributed by atoms with van der Waals surface area (Å²) in [6.45, 7) is 2.36. The summed E-state index contributed by atoms with van der Waals surface area (Å²) >= 11 is 0. The van der Waals surface area contributed by atoms with Gasteiger partial charge >= 0.3 is 0 Å². The van der Waals surface area contributed by atoms with E-state index in [1.807, 2.05) is 0 Å².